The Balaban J connectivity index is 0.000000752. The maximum atomic E-state index is 8.58. The van der Waals surface area contributed by atoms with Gasteiger partial charge in [-0.3, -0.25) is 0 Å². The van der Waals surface area contributed by atoms with Crippen molar-refractivity contribution in [1.29, 1.82) is 0 Å². The molecule has 0 atom stereocenters. The predicted molar refractivity (Wildman–Crippen MR) is 125 cm³/mol. The van der Waals surface area contributed by atoms with E-state index in [1.807, 2.05) is 0 Å². The predicted octanol–water partition coefficient (Wildman–Crippen LogP) is -0.404. The van der Waals surface area contributed by atoms with Crippen molar-refractivity contribution in [2.24, 2.45) is 0 Å². The molecule has 2 aliphatic heterocycles. The maximum Gasteiger partial charge on any atom is 0.209 e. The minimum Gasteiger partial charge on any atom is -0.894 e. The molecular formula is C25H31MoN2O5Si-3. The summed E-state index contributed by atoms with van der Waals surface area (Å²) in [4.78, 5) is 36.6. The van der Waals surface area contributed by atoms with Crippen LogP contribution in [0.4, 0.5) is 11.4 Å². The third-order valence-corrected chi connectivity index (χ3v) is 6.39. The molecule has 2 heterocycles. The first-order valence-electron chi connectivity index (χ1n) is 10.5. The van der Waals surface area contributed by atoms with Crippen LogP contribution >= 0.6 is 0 Å². The molecule has 0 aliphatic carbocycles. The molecule has 2 aromatic rings. The quantitative estimate of drug-likeness (QED) is 0.363. The Bertz CT molecular complexity index is 1110. The fourth-order valence-corrected chi connectivity index (χ4v) is 4.83. The van der Waals surface area contributed by atoms with Crippen molar-refractivity contribution >= 4 is 26.1 Å². The molecule has 0 bridgehead atoms. The molecule has 184 valence electrons. The summed E-state index contributed by atoms with van der Waals surface area (Å²) in [5.74, 6) is 0. The van der Waals surface area contributed by atoms with Crippen LogP contribution in [0.3, 0.4) is 0 Å². The number of fused-ring (bicyclic) bond motifs is 2. The van der Waals surface area contributed by atoms with Crippen molar-refractivity contribution in [2.75, 3.05) is 19.0 Å². The first-order chi connectivity index (χ1) is 14.8. The van der Waals surface area contributed by atoms with Crippen LogP contribution in [0.5, 0.6) is 0 Å². The van der Waals surface area contributed by atoms with Crippen LogP contribution < -0.4 is 24.1 Å². The van der Waals surface area contributed by atoms with E-state index in [0.29, 0.717) is 0 Å². The molecule has 9 heteroatoms. The number of nitrogens with zero attached hydrogens (tertiary/aromatic N) is 2. The van der Waals surface area contributed by atoms with Crippen LogP contribution in [0.1, 0.15) is 38.8 Å². The van der Waals surface area contributed by atoms with E-state index in [-0.39, 0.29) is 37.4 Å². The standard InChI is InChI=1S/C25H29N2.Mo.O4Si.H2O/c1-24(2)18-12-7-9-14-20(18)26(5)22(24)16-11-17-23-25(3,4)19-13-8-10-15-21(19)27(23)6;;1-5(2,3)4;/h7-17H,1-6H3;;;1H2/q+1;;-4;. The van der Waals surface area contributed by atoms with E-state index >= 15 is 0 Å². The van der Waals surface area contributed by atoms with E-state index in [0.717, 1.165) is 0 Å². The minimum absolute atomic E-state index is 0. The monoisotopic (exact) mass is 565 g/mol. The minimum atomic E-state index is -5.61. The molecule has 0 fully saturated rings. The Kier molecular flexibility index (Phi) is 9.56. The smallest absolute Gasteiger partial charge is 0.209 e. The van der Waals surface area contributed by atoms with Gasteiger partial charge in [0.15, 0.2) is 5.71 Å². The fourth-order valence-electron chi connectivity index (χ4n) is 4.83. The molecule has 7 nitrogen and oxygen atoms in total. The van der Waals surface area contributed by atoms with Gasteiger partial charge in [0, 0.05) is 62.6 Å². The Morgan fingerprint density at radius 2 is 1.35 bits per heavy atom. The number of hydrogen-bond acceptors (Lipinski definition) is 5. The van der Waals surface area contributed by atoms with Crippen molar-refractivity contribution in [2.45, 2.75) is 38.5 Å². The Morgan fingerprint density at radius 3 is 1.88 bits per heavy atom. The molecule has 0 saturated carbocycles. The number of para-hydroxylation sites is 2. The second-order valence-corrected chi connectivity index (χ2v) is 10.2. The number of benzene rings is 2. The summed E-state index contributed by atoms with van der Waals surface area (Å²) in [5, 5.41) is 0. The number of likely N-dealkylation sites (N-methyl/N-ethyl adjacent to an activating group) is 1. The molecule has 0 spiro atoms. The summed E-state index contributed by atoms with van der Waals surface area (Å²) in [6, 6.07) is 17.4. The van der Waals surface area contributed by atoms with E-state index in [2.05, 4.69) is 118 Å². The van der Waals surface area contributed by atoms with E-state index in [9.17, 15) is 0 Å². The molecule has 34 heavy (non-hydrogen) atoms. The van der Waals surface area contributed by atoms with Crippen LogP contribution in [0.2, 0.25) is 0 Å². The van der Waals surface area contributed by atoms with Gasteiger partial charge in [-0.2, -0.15) is 4.58 Å². The maximum absolute atomic E-state index is 8.58. The van der Waals surface area contributed by atoms with Crippen LogP contribution in [0, 0.1) is 0 Å². The van der Waals surface area contributed by atoms with Crippen molar-refractivity contribution in [3.05, 3.63) is 83.6 Å². The molecule has 2 N–H and O–H groups in total. The third-order valence-electron chi connectivity index (χ3n) is 6.39. The molecule has 2 aromatic carbocycles. The summed E-state index contributed by atoms with van der Waals surface area (Å²) < 4.78 is 2.32. The Hall–Kier alpha value is -1.90. The molecular weight excluding hydrogens is 532 g/mol. The molecule has 0 amide bonds. The normalized spacial score (nSPS) is 18.6. The molecule has 0 radical (unpaired) electrons. The summed E-state index contributed by atoms with van der Waals surface area (Å²) in [7, 11) is -1.27. The van der Waals surface area contributed by atoms with Gasteiger partial charge in [0.1, 0.15) is 7.05 Å². The van der Waals surface area contributed by atoms with Gasteiger partial charge in [-0.1, -0.05) is 56.3 Å². The number of rotatable bonds is 2. The molecule has 2 aliphatic rings. The molecule has 0 unspecified atom stereocenters. The van der Waals surface area contributed by atoms with E-state index < -0.39 is 9.05 Å². The van der Waals surface area contributed by atoms with E-state index in [1.165, 1.54) is 33.9 Å². The second kappa shape index (κ2) is 10.8. The van der Waals surface area contributed by atoms with Gasteiger partial charge in [0.25, 0.3) is 0 Å². The van der Waals surface area contributed by atoms with Gasteiger partial charge in [-0.15, -0.1) is 0 Å². The molecule has 0 aromatic heterocycles. The van der Waals surface area contributed by atoms with Crippen LogP contribution in [0.15, 0.2) is 72.5 Å². The molecule has 4 rings (SSSR count). The Labute approximate surface area is 217 Å². The molecule has 0 saturated heterocycles. The summed E-state index contributed by atoms with van der Waals surface area (Å²) >= 11 is 0. The number of hydrogen-bond donors (Lipinski definition) is 0. The topological polar surface area (TPSA) is 130 Å². The number of anilines is 1. The average Bonchev–Trinajstić information content (AvgIpc) is 3.01. The van der Waals surface area contributed by atoms with E-state index in [1.54, 1.807) is 0 Å². The van der Waals surface area contributed by atoms with Gasteiger partial charge in [0.05, 0.1) is 5.41 Å². The summed E-state index contributed by atoms with van der Waals surface area (Å²) in [6.07, 6.45) is 6.78. The number of allylic oxidation sites excluding steroid dienone is 4. The second-order valence-electron chi connectivity index (χ2n) is 9.20. The summed E-state index contributed by atoms with van der Waals surface area (Å²) in [6.45, 7) is 9.24. The zero-order chi connectivity index (χ0) is 23.9. The van der Waals surface area contributed by atoms with Crippen LogP contribution in [-0.4, -0.2) is 38.9 Å². The van der Waals surface area contributed by atoms with Gasteiger partial charge in [-0.05, 0) is 31.6 Å². The van der Waals surface area contributed by atoms with Gasteiger partial charge >= 0.3 is 0 Å². The Morgan fingerprint density at radius 1 is 0.853 bits per heavy atom. The first-order valence-corrected chi connectivity index (χ1v) is 12.1. The van der Waals surface area contributed by atoms with E-state index in [4.69, 9.17) is 19.2 Å². The van der Waals surface area contributed by atoms with Gasteiger partial charge < -0.3 is 38.6 Å². The van der Waals surface area contributed by atoms with Crippen molar-refractivity contribution in [3.8, 4) is 0 Å². The summed E-state index contributed by atoms with van der Waals surface area (Å²) in [5.41, 5.74) is 8.09. The van der Waals surface area contributed by atoms with Gasteiger partial charge in [0.2, 0.25) is 5.69 Å². The first kappa shape index (κ1) is 30.1. The van der Waals surface area contributed by atoms with Crippen molar-refractivity contribution < 1.29 is 50.3 Å². The SMILES string of the molecule is CN1C(=CC=CC2=[N+](C)c3ccccc3C2(C)C)C(C)(C)c2ccccc21.O.[Mo].[O-][Si]([O-])([O-])[O-]. The fraction of sp³-hybridized carbons (Fsp3) is 0.320. The largest absolute Gasteiger partial charge is 0.894 e. The van der Waals surface area contributed by atoms with Crippen LogP contribution in [0.25, 0.3) is 0 Å². The zero-order valence-corrected chi connectivity index (χ0v) is 23.3. The van der Waals surface area contributed by atoms with Crippen LogP contribution in [-0.2, 0) is 31.9 Å². The van der Waals surface area contributed by atoms with Gasteiger partial charge in [-0.25, -0.2) is 0 Å². The van der Waals surface area contributed by atoms with Crippen molar-refractivity contribution in [1.82, 2.24) is 0 Å². The average molecular weight is 564 g/mol. The third kappa shape index (κ3) is 5.83. The van der Waals surface area contributed by atoms with Crippen molar-refractivity contribution in [3.63, 3.8) is 0 Å². The zero-order valence-electron chi connectivity index (χ0n) is 20.3.